The summed E-state index contributed by atoms with van der Waals surface area (Å²) < 4.78 is 24.7. The van der Waals surface area contributed by atoms with Gasteiger partial charge in [0.15, 0.2) is 0 Å². The van der Waals surface area contributed by atoms with Crippen molar-refractivity contribution in [2.24, 2.45) is 0 Å². The van der Waals surface area contributed by atoms with Gasteiger partial charge in [-0.2, -0.15) is 0 Å². The average molecular weight is 333 g/mol. The first-order valence-corrected chi connectivity index (χ1v) is 4.76. The number of carboxylic acid groups (broad SMARTS) is 1. The molecular formula is C7H3ClF2INO2. The number of rotatable bonds is 2. The minimum Gasteiger partial charge on any atom is -0.478 e. The molecule has 76 valence electrons. The van der Waals surface area contributed by atoms with E-state index in [-0.39, 0.29) is 8.85 Å². The lowest BCUT2D eigenvalue weighted by Crippen LogP contribution is -2.04. The van der Waals surface area contributed by atoms with Gasteiger partial charge in [0.1, 0.15) is 8.85 Å². The first kappa shape index (κ1) is 11.6. The summed E-state index contributed by atoms with van der Waals surface area (Å²) >= 11 is 7.03. The summed E-state index contributed by atoms with van der Waals surface area (Å²) in [6, 6.07) is 0.837. The fourth-order valence-corrected chi connectivity index (χ4v) is 1.78. The number of hydrogen-bond acceptors (Lipinski definition) is 2. The molecule has 0 amide bonds. The number of hydrogen-bond donors (Lipinski definition) is 1. The molecule has 0 fully saturated rings. The molecule has 0 aromatic carbocycles. The van der Waals surface area contributed by atoms with Gasteiger partial charge in [0.05, 0.1) is 11.1 Å². The van der Waals surface area contributed by atoms with E-state index in [9.17, 15) is 13.6 Å². The quantitative estimate of drug-likeness (QED) is 0.669. The fraction of sp³-hybridized carbons (Fsp3) is 0.143. The number of aromatic carboxylic acids is 1. The van der Waals surface area contributed by atoms with E-state index in [0.717, 1.165) is 6.07 Å². The maximum absolute atomic E-state index is 12.3. The van der Waals surface area contributed by atoms with Crippen molar-refractivity contribution in [1.29, 1.82) is 0 Å². The van der Waals surface area contributed by atoms with Crippen LogP contribution in [0.1, 0.15) is 22.3 Å². The normalized spacial score (nSPS) is 10.6. The predicted molar refractivity (Wildman–Crippen MR) is 53.9 cm³/mol. The summed E-state index contributed by atoms with van der Waals surface area (Å²) in [6.07, 6.45) is -2.76. The van der Waals surface area contributed by atoms with E-state index in [2.05, 4.69) is 4.98 Å². The molecule has 0 unspecified atom stereocenters. The van der Waals surface area contributed by atoms with Gasteiger partial charge in [0.25, 0.3) is 6.43 Å². The lowest BCUT2D eigenvalue weighted by Gasteiger charge is -2.05. The first-order valence-electron chi connectivity index (χ1n) is 3.31. The number of pyridine rings is 1. The van der Waals surface area contributed by atoms with Gasteiger partial charge in [-0.15, -0.1) is 0 Å². The Bertz CT molecular complexity index is 386. The molecule has 3 nitrogen and oxygen atoms in total. The Morgan fingerprint density at radius 1 is 1.64 bits per heavy atom. The summed E-state index contributed by atoms with van der Waals surface area (Å²) in [5.41, 5.74) is -0.838. The molecule has 0 bridgehead atoms. The second kappa shape index (κ2) is 4.35. The average Bonchev–Trinajstić information content (AvgIpc) is 2.02. The van der Waals surface area contributed by atoms with Crippen molar-refractivity contribution >= 4 is 40.2 Å². The number of alkyl halides is 2. The molecule has 0 aliphatic heterocycles. The highest BCUT2D eigenvalue weighted by Crippen LogP contribution is 2.27. The molecule has 0 spiro atoms. The van der Waals surface area contributed by atoms with Crippen molar-refractivity contribution in [3.8, 4) is 0 Å². The van der Waals surface area contributed by atoms with Crippen LogP contribution in [0.2, 0.25) is 5.15 Å². The van der Waals surface area contributed by atoms with Crippen LogP contribution in [0.4, 0.5) is 8.78 Å². The Hall–Kier alpha value is -0.500. The molecule has 0 saturated heterocycles. The molecule has 1 rings (SSSR count). The number of carbonyl (C=O) groups is 1. The van der Waals surface area contributed by atoms with E-state index in [1.54, 1.807) is 22.6 Å². The summed E-state index contributed by atoms with van der Waals surface area (Å²) in [5, 5.41) is 8.31. The summed E-state index contributed by atoms with van der Waals surface area (Å²) in [7, 11) is 0. The summed E-state index contributed by atoms with van der Waals surface area (Å²) in [6.45, 7) is 0. The zero-order valence-corrected chi connectivity index (χ0v) is 9.38. The zero-order valence-electron chi connectivity index (χ0n) is 6.47. The van der Waals surface area contributed by atoms with Gasteiger partial charge >= 0.3 is 5.97 Å². The molecule has 0 aliphatic rings. The molecule has 0 atom stereocenters. The maximum atomic E-state index is 12.3. The third-order valence-electron chi connectivity index (χ3n) is 1.42. The van der Waals surface area contributed by atoms with Crippen LogP contribution in [0.5, 0.6) is 0 Å². The Morgan fingerprint density at radius 2 is 2.21 bits per heavy atom. The summed E-state index contributed by atoms with van der Waals surface area (Å²) in [4.78, 5) is 14.0. The smallest absolute Gasteiger partial charge is 0.338 e. The third-order valence-corrected chi connectivity index (χ3v) is 2.57. The zero-order chi connectivity index (χ0) is 10.9. The molecule has 1 aromatic heterocycles. The second-order valence-electron chi connectivity index (χ2n) is 2.31. The third kappa shape index (κ3) is 2.30. The SMILES string of the molecule is O=C(O)c1cc(C(F)F)c(I)nc1Cl. The van der Waals surface area contributed by atoms with Gasteiger partial charge < -0.3 is 5.11 Å². The van der Waals surface area contributed by atoms with Gasteiger partial charge in [0.2, 0.25) is 0 Å². The predicted octanol–water partition coefficient (Wildman–Crippen LogP) is 2.98. The van der Waals surface area contributed by atoms with Crippen LogP contribution in [-0.4, -0.2) is 16.1 Å². The minimum absolute atomic E-state index is 0.00704. The van der Waals surface area contributed by atoms with Crippen LogP contribution >= 0.6 is 34.2 Å². The van der Waals surface area contributed by atoms with E-state index < -0.39 is 23.5 Å². The highest BCUT2D eigenvalue weighted by atomic mass is 127. The topological polar surface area (TPSA) is 50.2 Å². The molecule has 1 N–H and O–H groups in total. The highest BCUT2D eigenvalue weighted by molar-refractivity contribution is 14.1. The van der Waals surface area contributed by atoms with Crippen LogP contribution in [0, 0.1) is 3.70 Å². The largest absolute Gasteiger partial charge is 0.478 e. The molecule has 0 radical (unpaired) electrons. The van der Waals surface area contributed by atoms with Crippen molar-refractivity contribution < 1.29 is 18.7 Å². The van der Waals surface area contributed by atoms with Crippen molar-refractivity contribution in [1.82, 2.24) is 4.98 Å². The monoisotopic (exact) mass is 333 g/mol. The van der Waals surface area contributed by atoms with E-state index >= 15 is 0 Å². The molecule has 14 heavy (non-hydrogen) atoms. The molecule has 0 aliphatic carbocycles. The van der Waals surface area contributed by atoms with Gasteiger partial charge in [-0.3, -0.25) is 0 Å². The van der Waals surface area contributed by atoms with Crippen LogP contribution in [0.3, 0.4) is 0 Å². The Labute approximate surface area is 96.2 Å². The number of aromatic nitrogens is 1. The van der Waals surface area contributed by atoms with Crippen molar-refractivity contribution in [2.45, 2.75) is 6.43 Å². The van der Waals surface area contributed by atoms with Gasteiger partial charge in [-0.1, -0.05) is 11.6 Å². The van der Waals surface area contributed by atoms with Crippen LogP contribution in [0.25, 0.3) is 0 Å². The number of halogens is 4. The molecule has 0 saturated carbocycles. The van der Waals surface area contributed by atoms with E-state index in [1.807, 2.05) is 0 Å². The second-order valence-corrected chi connectivity index (χ2v) is 3.69. The van der Waals surface area contributed by atoms with Crippen LogP contribution in [-0.2, 0) is 0 Å². The minimum atomic E-state index is -2.76. The van der Waals surface area contributed by atoms with Crippen LogP contribution < -0.4 is 0 Å². The maximum Gasteiger partial charge on any atom is 0.338 e. The molecule has 1 heterocycles. The number of nitrogens with zero attached hydrogens (tertiary/aromatic N) is 1. The Balaban J connectivity index is 3.34. The first-order chi connectivity index (χ1) is 6.43. The van der Waals surface area contributed by atoms with Crippen molar-refractivity contribution in [3.63, 3.8) is 0 Å². The van der Waals surface area contributed by atoms with E-state index in [1.165, 1.54) is 0 Å². The van der Waals surface area contributed by atoms with Gasteiger partial charge in [-0.25, -0.2) is 18.6 Å². The van der Waals surface area contributed by atoms with E-state index in [4.69, 9.17) is 16.7 Å². The lowest BCUT2D eigenvalue weighted by atomic mass is 10.2. The van der Waals surface area contributed by atoms with Crippen molar-refractivity contribution in [3.05, 3.63) is 26.0 Å². The lowest BCUT2D eigenvalue weighted by molar-refractivity contribution is 0.0696. The Kier molecular flexibility index (Phi) is 3.59. The van der Waals surface area contributed by atoms with Crippen molar-refractivity contribution in [2.75, 3.05) is 0 Å². The van der Waals surface area contributed by atoms with Gasteiger partial charge in [0, 0.05) is 0 Å². The standard InChI is InChI=1S/C7H3ClF2INO2/c8-4-2(7(13)14)1-3(5(9)10)6(11)12-4/h1,5H,(H,13,14). The molecule has 7 heteroatoms. The van der Waals surface area contributed by atoms with E-state index in [0.29, 0.717) is 0 Å². The number of carboxylic acids is 1. The van der Waals surface area contributed by atoms with Gasteiger partial charge in [-0.05, 0) is 28.7 Å². The molecule has 1 aromatic rings. The fourth-order valence-electron chi connectivity index (χ4n) is 0.789. The highest BCUT2D eigenvalue weighted by Gasteiger charge is 2.19. The molecular weight excluding hydrogens is 330 g/mol. The summed E-state index contributed by atoms with van der Waals surface area (Å²) in [5.74, 6) is -1.37. The Morgan fingerprint density at radius 3 is 2.64 bits per heavy atom. The van der Waals surface area contributed by atoms with Crippen LogP contribution in [0.15, 0.2) is 6.07 Å².